The fourth-order valence-corrected chi connectivity index (χ4v) is 4.67. The Morgan fingerprint density at radius 3 is 2.69 bits per heavy atom. The van der Waals surface area contributed by atoms with Gasteiger partial charge in [-0.3, -0.25) is 4.90 Å². The van der Waals surface area contributed by atoms with E-state index in [0.29, 0.717) is 31.1 Å². The highest BCUT2D eigenvalue weighted by atomic mass is 35.5. The first-order chi connectivity index (χ1) is 17.2. The molecule has 1 unspecified atom stereocenters. The lowest BCUT2D eigenvalue weighted by atomic mass is 9.92. The van der Waals surface area contributed by atoms with Crippen molar-refractivity contribution < 1.29 is 14.3 Å². The Labute approximate surface area is 216 Å². The first-order valence-electron chi connectivity index (χ1n) is 12.1. The van der Waals surface area contributed by atoms with Crippen molar-refractivity contribution in [1.29, 1.82) is 0 Å². The summed E-state index contributed by atoms with van der Waals surface area (Å²) in [5.41, 5.74) is 8.87. The van der Waals surface area contributed by atoms with Crippen LogP contribution in [-0.4, -0.2) is 46.3 Å². The quantitative estimate of drug-likeness (QED) is 0.232. The standard InChI is InChI=1S/C27H34ClN5O3/c1-27(2,3)36-26(34)33-14-11-21-22-17-19(28)7-10-23(22)31-24(21)25(33)18-5-8-20(9-6-18)35-16-4-13-32(30)15-12-29/h5-10,12,15,17,25,31H,4,11,13-14,16,29-30H2,1-3H3/b15-12-. The van der Waals surface area contributed by atoms with E-state index in [2.05, 4.69) is 4.98 Å². The van der Waals surface area contributed by atoms with Crippen LogP contribution in [0.4, 0.5) is 4.79 Å². The zero-order chi connectivity index (χ0) is 25.9. The molecule has 0 radical (unpaired) electrons. The van der Waals surface area contributed by atoms with Gasteiger partial charge in [-0.15, -0.1) is 0 Å². The summed E-state index contributed by atoms with van der Waals surface area (Å²) in [5.74, 6) is 6.53. The average Bonchev–Trinajstić information content (AvgIpc) is 3.18. The van der Waals surface area contributed by atoms with Crippen molar-refractivity contribution in [3.05, 3.63) is 76.7 Å². The predicted octanol–water partition coefficient (Wildman–Crippen LogP) is 5.08. The predicted molar refractivity (Wildman–Crippen MR) is 143 cm³/mol. The fourth-order valence-electron chi connectivity index (χ4n) is 4.49. The molecule has 8 nitrogen and oxygen atoms in total. The van der Waals surface area contributed by atoms with Crippen LogP contribution in [0.2, 0.25) is 5.02 Å². The molecule has 0 aliphatic carbocycles. The van der Waals surface area contributed by atoms with Crippen molar-refractivity contribution in [2.24, 2.45) is 11.6 Å². The number of carbonyl (C=O) groups excluding carboxylic acids is 1. The number of halogens is 1. The number of hydrogen-bond acceptors (Lipinski definition) is 6. The van der Waals surface area contributed by atoms with Crippen molar-refractivity contribution in [1.82, 2.24) is 14.9 Å². The Morgan fingerprint density at radius 1 is 1.25 bits per heavy atom. The third-order valence-corrected chi connectivity index (χ3v) is 6.25. The molecule has 1 aliphatic heterocycles. The van der Waals surface area contributed by atoms with Gasteiger partial charge in [-0.2, -0.15) is 0 Å². The number of nitrogens with two attached hydrogens (primary N) is 2. The van der Waals surface area contributed by atoms with Crippen LogP contribution in [0.25, 0.3) is 10.9 Å². The zero-order valence-electron chi connectivity index (χ0n) is 21.0. The molecule has 2 heterocycles. The summed E-state index contributed by atoms with van der Waals surface area (Å²) in [4.78, 5) is 18.6. The summed E-state index contributed by atoms with van der Waals surface area (Å²) >= 11 is 6.29. The molecule has 0 fully saturated rings. The first-order valence-corrected chi connectivity index (χ1v) is 12.5. The molecular weight excluding hydrogens is 478 g/mol. The lowest BCUT2D eigenvalue weighted by Gasteiger charge is -2.37. The molecule has 0 saturated carbocycles. The Hall–Kier alpha value is -3.36. The number of rotatable bonds is 7. The summed E-state index contributed by atoms with van der Waals surface area (Å²) in [6, 6.07) is 13.4. The number of nitrogens with one attached hydrogen (secondary N) is 1. The maximum absolute atomic E-state index is 13.2. The van der Waals surface area contributed by atoms with E-state index in [9.17, 15) is 4.79 Å². The number of carbonyl (C=O) groups is 1. The Balaban J connectivity index is 1.59. The number of aromatic amines is 1. The lowest BCUT2D eigenvalue weighted by molar-refractivity contribution is 0.0175. The third-order valence-electron chi connectivity index (χ3n) is 6.02. The summed E-state index contributed by atoms with van der Waals surface area (Å²) in [7, 11) is 0. The normalized spacial score (nSPS) is 15.8. The van der Waals surface area contributed by atoms with Crippen molar-refractivity contribution >= 4 is 28.6 Å². The van der Waals surface area contributed by atoms with Crippen LogP contribution in [0.15, 0.2) is 54.9 Å². The van der Waals surface area contributed by atoms with E-state index < -0.39 is 5.60 Å². The van der Waals surface area contributed by atoms with E-state index in [0.717, 1.165) is 34.3 Å². The molecule has 192 valence electrons. The SMILES string of the molecule is CC(C)(C)OC(=O)N1CCc2c([nH]c3ccc(Cl)cc23)C1c1ccc(OCCCN(N)/C=C\N)cc1. The molecule has 1 aliphatic rings. The maximum atomic E-state index is 13.2. The summed E-state index contributed by atoms with van der Waals surface area (Å²) < 4.78 is 11.6. The van der Waals surface area contributed by atoms with Crippen molar-refractivity contribution in [2.45, 2.75) is 45.3 Å². The van der Waals surface area contributed by atoms with Crippen molar-refractivity contribution in [2.75, 3.05) is 19.7 Å². The summed E-state index contributed by atoms with van der Waals surface area (Å²) in [6.07, 6.45) is 4.14. The van der Waals surface area contributed by atoms with E-state index in [1.54, 1.807) is 11.1 Å². The highest BCUT2D eigenvalue weighted by Crippen LogP contribution is 2.40. The second-order valence-electron chi connectivity index (χ2n) is 9.88. The number of hydrazine groups is 1. The molecule has 1 atom stereocenters. The number of fused-ring (bicyclic) bond motifs is 3. The second kappa shape index (κ2) is 10.7. The molecule has 3 aromatic rings. The monoisotopic (exact) mass is 511 g/mol. The zero-order valence-corrected chi connectivity index (χ0v) is 21.7. The number of amides is 1. The van der Waals surface area contributed by atoms with Gasteiger partial charge in [0.15, 0.2) is 0 Å². The van der Waals surface area contributed by atoms with E-state index in [4.69, 9.17) is 32.7 Å². The van der Waals surface area contributed by atoms with Crippen molar-refractivity contribution in [3.63, 3.8) is 0 Å². The first kappa shape index (κ1) is 25.7. The van der Waals surface area contributed by atoms with Crippen LogP contribution >= 0.6 is 11.6 Å². The van der Waals surface area contributed by atoms with Crippen LogP contribution in [-0.2, 0) is 11.2 Å². The number of benzene rings is 2. The van der Waals surface area contributed by atoms with Crippen LogP contribution < -0.4 is 16.3 Å². The molecule has 0 saturated heterocycles. The molecule has 5 N–H and O–H groups in total. The third kappa shape index (κ3) is 5.88. The summed E-state index contributed by atoms with van der Waals surface area (Å²) in [6.45, 7) is 7.32. The number of H-pyrrole nitrogens is 1. The summed E-state index contributed by atoms with van der Waals surface area (Å²) in [5, 5.41) is 3.30. The number of nitrogens with zero attached hydrogens (tertiary/aromatic N) is 2. The molecule has 36 heavy (non-hydrogen) atoms. The van der Waals surface area contributed by atoms with E-state index >= 15 is 0 Å². The van der Waals surface area contributed by atoms with Gasteiger partial charge in [-0.25, -0.2) is 10.6 Å². The van der Waals surface area contributed by atoms with Gasteiger partial charge >= 0.3 is 6.09 Å². The van der Waals surface area contributed by atoms with Crippen LogP contribution in [0, 0.1) is 0 Å². The van der Waals surface area contributed by atoms with Gasteiger partial charge in [0.2, 0.25) is 0 Å². The molecular formula is C27H34ClN5O3. The van der Waals surface area contributed by atoms with Gasteiger partial charge in [0.1, 0.15) is 17.4 Å². The Bertz CT molecular complexity index is 1230. The minimum atomic E-state index is -0.591. The molecule has 0 spiro atoms. The van der Waals surface area contributed by atoms with Gasteiger partial charge < -0.3 is 25.2 Å². The average molecular weight is 512 g/mol. The largest absolute Gasteiger partial charge is 0.494 e. The molecule has 2 aromatic carbocycles. The van der Waals surface area contributed by atoms with Gasteiger partial charge in [0.05, 0.1) is 6.61 Å². The highest BCUT2D eigenvalue weighted by Gasteiger charge is 2.36. The lowest BCUT2D eigenvalue weighted by Crippen LogP contribution is -2.43. The molecule has 4 rings (SSSR count). The molecule has 1 aromatic heterocycles. The van der Waals surface area contributed by atoms with E-state index in [1.807, 2.05) is 63.2 Å². The number of aromatic nitrogens is 1. The van der Waals surface area contributed by atoms with Crippen LogP contribution in [0.5, 0.6) is 5.75 Å². The second-order valence-corrected chi connectivity index (χ2v) is 10.3. The van der Waals surface area contributed by atoms with E-state index in [-0.39, 0.29) is 12.1 Å². The van der Waals surface area contributed by atoms with Gasteiger partial charge in [-0.1, -0.05) is 23.7 Å². The van der Waals surface area contributed by atoms with E-state index in [1.165, 1.54) is 16.8 Å². The maximum Gasteiger partial charge on any atom is 0.411 e. The number of hydrogen-bond donors (Lipinski definition) is 3. The Kier molecular flexibility index (Phi) is 7.66. The smallest absolute Gasteiger partial charge is 0.411 e. The minimum Gasteiger partial charge on any atom is -0.494 e. The Morgan fingerprint density at radius 2 is 2.00 bits per heavy atom. The van der Waals surface area contributed by atoms with Gasteiger partial charge in [0.25, 0.3) is 0 Å². The minimum absolute atomic E-state index is 0.322. The van der Waals surface area contributed by atoms with Crippen LogP contribution in [0.3, 0.4) is 0 Å². The fraction of sp³-hybridized carbons (Fsp3) is 0.370. The molecule has 9 heteroatoms. The van der Waals surface area contributed by atoms with Gasteiger partial charge in [0, 0.05) is 53.5 Å². The highest BCUT2D eigenvalue weighted by molar-refractivity contribution is 6.31. The van der Waals surface area contributed by atoms with Crippen molar-refractivity contribution in [3.8, 4) is 5.75 Å². The molecule has 1 amide bonds. The van der Waals surface area contributed by atoms with Crippen LogP contribution in [0.1, 0.15) is 50.1 Å². The molecule has 0 bridgehead atoms. The van der Waals surface area contributed by atoms with Gasteiger partial charge in [-0.05, 0) is 68.7 Å². The topological polar surface area (TPSA) is 110 Å². The number of ether oxygens (including phenoxy) is 2.